The van der Waals surface area contributed by atoms with E-state index >= 15 is 0 Å². The number of rotatable bonds is 7. The predicted molar refractivity (Wildman–Crippen MR) is 75.8 cm³/mol. The molecule has 0 saturated heterocycles. The van der Waals surface area contributed by atoms with Crippen LogP contribution in [-0.2, 0) is 14.3 Å². The van der Waals surface area contributed by atoms with Crippen LogP contribution in [0, 0.1) is 11.3 Å². The first kappa shape index (κ1) is 17.9. The van der Waals surface area contributed by atoms with E-state index in [0.29, 0.717) is 13.2 Å². The van der Waals surface area contributed by atoms with E-state index in [-0.39, 0.29) is 5.91 Å². The highest BCUT2D eigenvalue weighted by Crippen LogP contribution is 2.27. The first-order chi connectivity index (χ1) is 8.70. The van der Waals surface area contributed by atoms with Gasteiger partial charge in [-0.15, -0.1) is 0 Å². The van der Waals surface area contributed by atoms with Gasteiger partial charge < -0.3 is 15.0 Å². The fourth-order valence-corrected chi connectivity index (χ4v) is 1.79. The number of ether oxygens (including phenoxy) is 1. The second-order valence-corrected chi connectivity index (χ2v) is 6.00. The summed E-state index contributed by atoms with van der Waals surface area (Å²) in [5.74, 6) is -1.45. The molecule has 0 aromatic carbocycles. The Morgan fingerprint density at radius 1 is 1.26 bits per heavy atom. The molecule has 5 heteroatoms. The molecule has 0 radical (unpaired) electrons. The predicted octanol–water partition coefficient (Wildman–Crippen LogP) is 1.28. The summed E-state index contributed by atoms with van der Waals surface area (Å²) in [4.78, 5) is 26.1. The Kier molecular flexibility index (Phi) is 7.68. The third kappa shape index (κ3) is 7.15. The quantitative estimate of drug-likeness (QED) is 0.431. The van der Waals surface area contributed by atoms with Crippen LogP contribution < -0.4 is 5.32 Å². The fourth-order valence-electron chi connectivity index (χ4n) is 1.79. The van der Waals surface area contributed by atoms with Crippen LogP contribution in [0.5, 0.6) is 0 Å². The van der Waals surface area contributed by atoms with Crippen LogP contribution in [0.15, 0.2) is 0 Å². The Hall–Kier alpha value is -1.10. The molecule has 0 aromatic heterocycles. The lowest BCUT2D eigenvalue weighted by Crippen LogP contribution is -2.44. The topological polar surface area (TPSA) is 58.6 Å². The molecule has 5 nitrogen and oxygen atoms in total. The Labute approximate surface area is 116 Å². The smallest absolute Gasteiger partial charge is 0.319 e. The van der Waals surface area contributed by atoms with Crippen molar-refractivity contribution in [3.63, 3.8) is 0 Å². The van der Waals surface area contributed by atoms with Crippen LogP contribution in [0.2, 0.25) is 0 Å². The summed E-state index contributed by atoms with van der Waals surface area (Å²) in [5, 5.41) is 2.82. The first-order valence-electron chi connectivity index (χ1n) is 6.79. The van der Waals surface area contributed by atoms with E-state index in [2.05, 4.69) is 10.2 Å². The number of carbonyl (C=O) groups is 2. The number of carbonyl (C=O) groups excluding carboxylic acids is 2. The van der Waals surface area contributed by atoms with Gasteiger partial charge in [-0.2, -0.15) is 0 Å². The normalized spacial score (nSPS) is 13.2. The molecule has 0 aliphatic carbocycles. The summed E-state index contributed by atoms with van der Waals surface area (Å²) in [6, 6.07) is 0. The highest BCUT2D eigenvalue weighted by atomic mass is 16.5. The van der Waals surface area contributed by atoms with Crippen molar-refractivity contribution >= 4 is 11.9 Å². The van der Waals surface area contributed by atoms with Gasteiger partial charge in [0.05, 0.1) is 6.61 Å². The highest BCUT2D eigenvalue weighted by molar-refractivity contribution is 5.98. The zero-order chi connectivity index (χ0) is 15.1. The Bertz CT molecular complexity index is 296. The van der Waals surface area contributed by atoms with Gasteiger partial charge in [0.15, 0.2) is 0 Å². The van der Waals surface area contributed by atoms with Crippen molar-refractivity contribution in [3.05, 3.63) is 0 Å². The van der Waals surface area contributed by atoms with Gasteiger partial charge in [0.1, 0.15) is 5.92 Å². The molecule has 0 saturated carbocycles. The van der Waals surface area contributed by atoms with E-state index in [1.54, 1.807) is 6.92 Å². The number of nitrogens with one attached hydrogen (secondary N) is 1. The number of nitrogens with zero attached hydrogens (tertiary/aromatic N) is 1. The van der Waals surface area contributed by atoms with Gasteiger partial charge in [-0.1, -0.05) is 20.8 Å². The summed E-state index contributed by atoms with van der Waals surface area (Å²) < 4.78 is 4.99. The molecule has 1 unspecified atom stereocenters. The van der Waals surface area contributed by atoms with Crippen molar-refractivity contribution in [1.29, 1.82) is 0 Å². The van der Waals surface area contributed by atoms with Crippen molar-refractivity contribution in [2.24, 2.45) is 11.3 Å². The standard InChI is InChI=1S/C14H28N2O3/c1-7-19-13(18)11(14(2,3)4)12(17)15-9-8-10-16(5)6/h11H,7-10H2,1-6H3,(H,15,17). The average Bonchev–Trinajstić information content (AvgIpc) is 2.22. The Balaban J connectivity index is 4.45. The molecule has 0 rings (SSSR count). The zero-order valence-corrected chi connectivity index (χ0v) is 13.1. The van der Waals surface area contributed by atoms with Crippen LogP contribution in [-0.4, -0.2) is 50.6 Å². The van der Waals surface area contributed by atoms with Crippen LogP contribution >= 0.6 is 0 Å². The number of amides is 1. The van der Waals surface area contributed by atoms with E-state index in [1.807, 2.05) is 34.9 Å². The van der Waals surface area contributed by atoms with Crippen molar-refractivity contribution in [3.8, 4) is 0 Å². The minimum atomic E-state index is -0.758. The molecule has 0 heterocycles. The molecule has 1 N–H and O–H groups in total. The SMILES string of the molecule is CCOC(=O)C(C(=O)NCCCN(C)C)C(C)(C)C. The molecule has 0 aromatic rings. The summed E-state index contributed by atoms with van der Waals surface area (Å²) in [6.07, 6.45) is 0.860. The number of hydrogen-bond acceptors (Lipinski definition) is 4. The maximum Gasteiger partial charge on any atom is 0.319 e. The van der Waals surface area contributed by atoms with Gasteiger partial charge in [-0.3, -0.25) is 9.59 Å². The molecule has 0 spiro atoms. The molecule has 112 valence electrons. The van der Waals surface area contributed by atoms with Gasteiger partial charge in [0.25, 0.3) is 0 Å². The van der Waals surface area contributed by atoms with Crippen molar-refractivity contribution < 1.29 is 14.3 Å². The van der Waals surface area contributed by atoms with Crippen LogP contribution in [0.1, 0.15) is 34.1 Å². The molecule has 19 heavy (non-hydrogen) atoms. The van der Waals surface area contributed by atoms with E-state index in [4.69, 9.17) is 4.74 Å². The molecule has 1 amide bonds. The van der Waals surface area contributed by atoms with Crippen LogP contribution in [0.4, 0.5) is 0 Å². The van der Waals surface area contributed by atoms with E-state index in [9.17, 15) is 9.59 Å². The van der Waals surface area contributed by atoms with Crippen LogP contribution in [0.25, 0.3) is 0 Å². The van der Waals surface area contributed by atoms with E-state index in [0.717, 1.165) is 13.0 Å². The molecule has 0 fully saturated rings. The number of esters is 1. The molecule has 1 atom stereocenters. The monoisotopic (exact) mass is 272 g/mol. The largest absolute Gasteiger partial charge is 0.465 e. The third-order valence-electron chi connectivity index (χ3n) is 2.73. The maximum absolute atomic E-state index is 12.1. The average molecular weight is 272 g/mol. The van der Waals surface area contributed by atoms with Gasteiger partial charge in [0.2, 0.25) is 5.91 Å². The summed E-state index contributed by atoms with van der Waals surface area (Å²) in [6.45, 7) is 9.12. The lowest BCUT2D eigenvalue weighted by molar-refractivity contribution is -0.156. The second-order valence-electron chi connectivity index (χ2n) is 6.00. The van der Waals surface area contributed by atoms with Crippen molar-refractivity contribution in [2.45, 2.75) is 34.1 Å². The van der Waals surface area contributed by atoms with Gasteiger partial charge >= 0.3 is 5.97 Å². The minimum absolute atomic E-state index is 0.246. The molecule has 0 aliphatic heterocycles. The Morgan fingerprint density at radius 2 is 1.84 bits per heavy atom. The summed E-state index contributed by atoms with van der Waals surface area (Å²) >= 11 is 0. The maximum atomic E-state index is 12.1. The first-order valence-corrected chi connectivity index (χ1v) is 6.79. The summed E-state index contributed by atoms with van der Waals surface area (Å²) in [5.41, 5.74) is -0.447. The zero-order valence-electron chi connectivity index (χ0n) is 13.1. The van der Waals surface area contributed by atoms with Crippen LogP contribution in [0.3, 0.4) is 0 Å². The molecule has 0 bridgehead atoms. The highest BCUT2D eigenvalue weighted by Gasteiger charge is 2.38. The molecular formula is C14H28N2O3. The van der Waals surface area contributed by atoms with Crippen molar-refractivity contribution in [2.75, 3.05) is 33.8 Å². The number of hydrogen-bond donors (Lipinski definition) is 1. The lowest BCUT2D eigenvalue weighted by Gasteiger charge is -2.27. The molecule has 0 aliphatic rings. The van der Waals surface area contributed by atoms with E-state index < -0.39 is 17.3 Å². The van der Waals surface area contributed by atoms with Gasteiger partial charge in [-0.05, 0) is 39.4 Å². The van der Waals surface area contributed by atoms with Crippen molar-refractivity contribution in [1.82, 2.24) is 10.2 Å². The fraction of sp³-hybridized carbons (Fsp3) is 0.857. The van der Waals surface area contributed by atoms with Gasteiger partial charge in [-0.25, -0.2) is 0 Å². The second kappa shape index (κ2) is 8.15. The molecular weight excluding hydrogens is 244 g/mol. The lowest BCUT2D eigenvalue weighted by atomic mass is 9.80. The third-order valence-corrected chi connectivity index (χ3v) is 2.73. The Morgan fingerprint density at radius 3 is 2.26 bits per heavy atom. The van der Waals surface area contributed by atoms with Gasteiger partial charge in [0, 0.05) is 6.54 Å². The summed E-state index contributed by atoms with van der Waals surface area (Å²) in [7, 11) is 3.97. The van der Waals surface area contributed by atoms with E-state index in [1.165, 1.54) is 0 Å². The minimum Gasteiger partial charge on any atom is -0.465 e.